The lowest BCUT2D eigenvalue weighted by Crippen LogP contribution is -1.89. The normalized spacial score (nSPS) is 10.9. The molecule has 17 heavy (non-hydrogen) atoms. The van der Waals surface area contributed by atoms with Crippen LogP contribution in [0.5, 0.6) is 0 Å². The number of rotatable bonds is 6. The fourth-order valence-corrected chi connectivity index (χ4v) is 2.02. The monoisotopic (exact) mass is 233 g/mol. The molecule has 0 atom stereocenters. The molecule has 2 rings (SSSR count). The lowest BCUT2D eigenvalue weighted by Gasteiger charge is -2.00. The molecule has 0 unspecified atom stereocenters. The summed E-state index contributed by atoms with van der Waals surface area (Å²) in [4.78, 5) is 7.18. The Kier molecular flexibility index (Phi) is 3.98. The van der Waals surface area contributed by atoms with Crippen LogP contribution < -0.4 is 5.48 Å². The number of aryl methyl sites for hydroxylation is 1. The van der Waals surface area contributed by atoms with E-state index in [0.717, 1.165) is 17.5 Å². The topological polar surface area (TPSA) is 60.9 Å². The van der Waals surface area contributed by atoms with Crippen molar-refractivity contribution in [1.29, 1.82) is 0 Å². The Bertz CT molecular complexity index is 478. The van der Waals surface area contributed by atoms with Gasteiger partial charge < -0.3 is 4.98 Å². The standard InChI is InChI=1S/C13H19N3O/c1-2-3-4-5-6-10-7-8-11-12(9-10)15-13(14-11)16-17/h7-9,17H,2-6H2,1H3,(H2,14,15,16). The highest BCUT2D eigenvalue weighted by molar-refractivity contribution is 5.78. The fraction of sp³-hybridized carbons (Fsp3) is 0.462. The number of hydrogen-bond donors (Lipinski definition) is 3. The molecule has 0 aliphatic heterocycles. The molecule has 92 valence electrons. The molecular weight excluding hydrogens is 214 g/mol. The minimum atomic E-state index is 0.392. The van der Waals surface area contributed by atoms with Gasteiger partial charge >= 0.3 is 0 Å². The third-order valence-electron chi connectivity index (χ3n) is 2.97. The second-order valence-corrected chi connectivity index (χ2v) is 4.36. The highest BCUT2D eigenvalue weighted by atomic mass is 16.5. The average Bonchev–Trinajstić information content (AvgIpc) is 2.77. The summed E-state index contributed by atoms with van der Waals surface area (Å²) in [5.74, 6) is 0.392. The Labute approximate surface area is 101 Å². The first-order valence-corrected chi connectivity index (χ1v) is 6.22. The van der Waals surface area contributed by atoms with Gasteiger partial charge in [-0.3, -0.25) is 5.21 Å². The summed E-state index contributed by atoms with van der Waals surface area (Å²) in [7, 11) is 0. The molecule has 2 aromatic rings. The van der Waals surface area contributed by atoms with E-state index in [1.54, 1.807) is 0 Å². The molecule has 0 aliphatic rings. The lowest BCUT2D eigenvalue weighted by atomic mass is 10.1. The van der Waals surface area contributed by atoms with Crippen molar-refractivity contribution < 1.29 is 5.21 Å². The third kappa shape index (κ3) is 2.97. The third-order valence-corrected chi connectivity index (χ3v) is 2.97. The van der Waals surface area contributed by atoms with Gasteiger partial charge in [-0.2, -0.15) is 0 Å². The summed E-state index contributed by atoms with van der Waals surface area (Å²) < 4.78 is 0. The molecule has 0 fully saturated rings. The minimum absolute atomic E-state index is 0.392. The van der Waals surface area contributed by atoms with Crippen LogP contribution in [0.25, 0.3) is 11.0 Å². The molecule has 0 spiro atoms. The van der Waals surface area contributed by atoms with Crippen LogP contribution >= 0.6 is 0 Å². The Morgan fingerprint density at radius 2 is 2.18 bits per heavy atom. The Balaban J connectivity index is 2.03. The minimum Gasteiger partial charge on any atom is -0.322 e. The van der Waals surface area contributed by atoms with Crippen LogP contribution in [0.2, 0.25) is 0 Å². The number of fused-ring (bicyclic) bond motifs is 1. The average molecular weight is 233 g/mol. The molecule has 0 bridgehead atoms. The first kappa shape index (κ1) is 11.9. The van der Waals surface area contributed by atoms with E-state index >= 15 is 0 Å². The highest BCUT2D eigenvalue weighted by Gasteiger charge is 2.02. The van der Waals surface area contributed by atoms with E-state index in [4.69, 9.17) is 5.21 Å². The number of aromatic amines is 1. The van der Waals surface area contributed by atoms with Crippen molar-refractivity contribution in [2.24, 2.45) is 0 Å². The molecule has 1 heterocycles. The zero-order valence-electron chi connectivity index (χ0n) is 10.2. The number of anilines is 1. The molecule has 1 aromatic carbocycles. The number of nitrogens with one attached hydrogen (secondary N) is 2. The van der Waals surface area contributed by atoms with Gasteiger partial charge in [-0.1, -0.05) is 32.3 Å². The van der Waals surface area contributed by atoms with Gasteiger partial charge in [0.05, 0.1) is 11.0 Å². The van der Waals surface area contributed by atoms with Gasteiger partial charge in [-0.05, 0) is 30.5 Å². The van der Waals surface area contributed by atoms with Crippen molar-refractivity contribution in [3.63, 3.8) is 0 Å². The van der Waals surface area contributed by atoms with E-state index in [9.17, 15) is 0 Å². The van der Waals surface area contributed by atoms with E-state index in [2.05, 4.69) is 29.0 Å². The van der Waals surface area contributed by atoms with Crippen LogP contribution in [0.3, 0.4) is 0 Å². The maximum atomic E-state index is 8.76. The SMILES string of the molecule is CCCCCCc1ccc2nc(NO)[nH]c2c1. The second-order valence-electron chi connectivity index (χ2n) is 4.36. The number of hydrogen-bond acceptors (Lipinski definition) is 3. The van der Waals surface area contributed by atoms with E-state index in [-0.39, 0.29) is 0 Å². The number of imidazole rings is 1. The quantitative estimate of drug-likeness (QED) is 0.528. The van der Waals surface area contributed by atoms with Crippen LogP contribution in [-0.4, -0.2) is 15.2 Å². The van der Waals surface area contributed by atoms with Gasteiger partial charge in [0.25, 0.3) is 0 Å². The van der Waals surface area contributed by atoms with E-state index < -0.39 is 0 Å². The molecule has 0 radical (unpaired) electrons. The van der Waals surface area contributed by atoms with E-state index in [1.807, 2.05) is 11.5 Å². The van der Waals surface area contributed by atoms with Gasteiger partial charge in [-0.25, -0.2) is 10.5 Å². The van der Waals surface area contributed by atoms with E-state index in [0.29, 0.717) is 5.95 Å². The van der Waals surface area contributed by atoms with Crippen LogP contribution in [0, 0.1) is 0 Å². The largest absolute Gasteiger partial charge is 0.322 e. The summed E-state index contributed by atoms with van der Waals surface area (Å²) in [6.45, 7) is 2.22. The molecule has 0 aliphatic carbocycles. The molecule has 0 amide bonds. The van der Waals surface area contributed by atoms with Crippen LogP contribution in [0.4, 0.5) is 5.95 Å². The van der Waals surface area contributed by atoms with Crippen LogP contribution in [0.15, 0.2) is 18.2 Å². The zero-order chi connectivity index (χ0) is 12.1. The van der Waals surface area contributed by atoms with Crippen molar-refractivity contribution in [1.82, 2.24) is 9.97 Å². The zero-order valence-corrected chi connectivity index (χ0v) is 10.2. The van der Waals surface area contributed by atoms with Crippen LogP contribution in [0.1, 0.15) is 38.2 Å². The van der Waals surface area contributed by atoms with Gasteiger partial charge in [0.1, 0.15) is 0 Å². The van der Waals surface area contributed by atoms with Crippen molar-refractivity contribution >= 4 is 17.0 Å². The van der Waals surface area contributed by atoms with Gasteiger partial charge in [0.15, 0.2) is 0 Å². The smallest absolute Gasteiger partial charge is 0.225 e. The molecule has 3 N–H and O–H groups in total. The van der Waals surface area contributed by atoms with Gasteiger partial charge in [0, 0.05) is 0 Å². The first-order valence-electron chi connectivity index (χ1n) is 6.22. The Morgan fingerprint density at radius 1 is 1.29 bits per heavy atom. The maximum absolute atomic E-state index is 8.76. The maximum Gasteiger partial charge on any atom is 0.225 e. The summed E-state index contributed by atoms with van der Waals surface area (Å²) >= 11 is 0. The first-order chi connectivity index (χ1) is 8.33. The Morgan fingerprint density at radius 3 is 2.94 bits per heavy atom. The summed E-state index contributed by atoms with van der Waals surface area (Å²) in [6, 6.07) is 6.20. The predicted octanol–water partition coefficient (Wildman–Crippen LogP) is 3.49. The van der Waals surface area contributed by atoms with Crippen molar-refractivity contribution in [3.05, 3.63) is 23.8 Å². The van der Waals surface area contributed by atoms with Crippen molar-refractivity contribution in [3.8, 4) is 0 Å². The number of aromatic nitrogens is 2. The molecule has 4 nitrogen and oxygen atoms in total. The molecule has 0 saturated heterocycles. The predicted molar refractivity (Wildman–Crippen MR) is 69.3 cm³/mol. The van der Waals surface area contributed by atoms with Gasteiger partial charge in [-0.15, -0.1) is 0 Å². The second kappa shape index (κ2) is 5.68. The van der Waals surface area contributed by atoms with Crippen molar-refractivity contribution in [2.75, 3.05) is 5.48 Å². The van der Waals surface area contributed by atoms with Crippen LogP contribution in [-0.2, 0) is 6.42 Å². The fourth-order valence-electron chi connectivity index (χ4n) is 2.02. The van der Waals surface area contributed by atoms with Crippen molar-refractivity contribution in [2.45, 2.75) is 39.0 Å². The van der Waals surface area contributed by atoms with Gasteiger partial charge in [0.2, 0.25) is 5.95 Å². The summed E-state index contributed by atoms with van der Waals surface area (Å²) in [5, 5.41) is 8.76. The summed E-state index contributed by atoms with van der Waals surface area (Å²) in [5.41, 5.74) is 5.19. The number of unbranched alkanes of at least 4 members (excludes halogenated alkanes) is 3. The lowest BCUT2D eigenvalue weighted by molar-refractivity contribution is 0.383. The molecule has 1 aromatic heterocycles. The summed E-state index contributed by atoms with van der Waals surface area (Å²) in [6.07, 6.45) is 6.21. The number of nitrogens with zero attached hydrogens (tertiary/aromatic N) is 1. The Hall–Kier alpha value is -1.55. The molecule has 0 saturated carbocycles. The molecule has 4 heteroatoms. The van der Waals surface area contributed by atoms with E-state index in [1.165, 1.54) is 31.2 Å². The molecular formula is C13H19N3O. The highest BCUT2D eigenvalue weighted by Crippen LogP contribution is 2.17. The number of benzene rings is 1. The number of H-pyrrole nitrogens is 1.